The van der Waals surface area contributed by atoms with Crippen molar-refractivity contribution in [1.29, 1.82) is 0 Å². The van der Waals surface area contributed by atoms with Crippen LogP contribution in [0.3, 0.4) is 0 Å². The summed E-state index contributed by atoms with van der Waals surface area (Å²) in [6.45, 7) is 0. The van der Waals surface area contributed by atoms with E-state index < -0.39 is 5.82 Å². The molecule has 0 aliphatic heterocycles. The van der Waals surface area contributed by atoms with Crippen molar-refractivity contribution in [2.24, 2.45) is 5.73 Å². The van der Waals surface area contributed by atoms with Gasteiger partial charge in [0.05, 0.1) is 5.02 Å². The zero-order valence-corrected chi connectivity index (χ0v) is 11.6. The third-order valence-corrected chi connectivity index (χ3v) is 4.02. The third-order valence-electron chi connectivity index (χ3n) is 3.73. The molecule has 20 heavy (non-hydrogen) atoms. The monoisotopic (exact) mass is 295 g/mol. The molecule has 0 bridgehead atoms. The van der Waals surface area contributed by atoms with Crippen LogP contribution < -0.4 is 5.73 Å². The molecule has 4 nitrogen and oxygen atoms in total. The van der Waals surface area contributed by atoms with E-state index in [0.29, 0.717) is 17.3 Å². The van der Waals surface area contributed by atoms with Crippen molar-refractivity contribution in [2.75, 3.05) is 0 Å². The second-order valence-corrected chi connectivity index (χ2v) is 5.59. The van der Waals surface area contributed by atoms with Crippen LogP contribution >= 0.6 is 11.6 Å². The summed E-state index contributed by atoms with van der Waals surface area (Å²) in [5, 5.41) is 8.17. The van der Waals surface area contributed by atoms with Gasteiger partial charge < -0.3 is 10.2 Å². The van der Waals surface area contributed by atoms with Crippen LogP contribution in [0.2, 0.25) is 5.02 Å². The minimum absolute atomic E-state index is 0.0471. The van der Waals surface area contributed by atoms with E-state index in [1.165, 1.54) is 12.1 Å². The summed E-state index contributed by atoms with van der Waals surface area (Å²) in [6.07, 6.45) is 3.88. The molecule has 1 aromatic heterocycles. The number of hydrogen-bond acceptors (Lipinski definition) is 4. The second kappa shape index (κ2) is 5.50. The molecule has 0 saturated heterocycles. The lowest BCUT2D eigenvalue weighted by Gasteiger charge is -2.23. The van der Waals surface area contributed by atoms with E-state index in [9.17, 15) is 4.39 Å². The Labute approximate surface area is 121 Å². The first kappa shape index (κ1) is 13.5. The molecule has 6 heteroatoms. The van der Waals surface area contributed by atoms with Gasteiger partial charge in [0, 0.05) is 17.5 Å². The number of nitrogens with zero attached hydrogens (tertiary/aromatic N) is 2. The summed E-state index contributed by atoms with van der Waals surface area (Å²) in [4.78, 5) is 0. The van der Waals surface area contributed by atoms with Gasteiger partial charge in [-0.05, 0) is 43.9 Å². The predicted octanol–water partition coefficient (Wildman–Crippen LogP) is 3.51. The Bertz CT molecular complexity index is 608. The normalized spacial score (nSPS) is 22.9. The molecule has 0 unspecified atom stereocenters. The van der Waals surface area contributed by atoms with E-state index in [2.05, 4.69) is 10.2 Å². The van der Waals surface area contributed by atoms with Gasteiger partial charge in [-0.3, -0.25) is 0 Å². The Morgan fingerprint density at radius 2 is 1.95 bits per heavy atom. The average molecular weight is 296 g/mol. The van der Waals surface area contributed by atoms with Crippen LogP contribution in [0.15, 0.2) is 22.6 Å². The fourth-order valence-corrected chi connectivity index (χ4v) is 2.69. The molecule has 1 saturated carbocycles. The first-order valence-corrected chi connectivity index (χ1v) is 7.05. The van der Waals surface area contributed by atoms with Gasteiger partial charge in [0.25, 0.3) is 0 Å². The molecule has 0 radical (unpaired) electrons. The lowest BCUT2D eigenvalue weighted by Crippen LogP contribution is -2.25. The number of nitrogens with two attached hydrogens (primary N) is 1. The van der Waals surface area contributed by atoms with Crippen molar-refractivity contribution < 1.29 is 8.81 Å². The standard InChI is InChI=1S/C14H15ClFN3O/c15-11-7-9(3-6-12(11)16)14-19-18-13(20-14)8-1-4-10(17)5-2-8/h3,6-8,10H,1-2,4-5,17H2/t8-,10-. The van der Waals surface area contributed by atoms with E-state index in [0.717, 1.165) is 25.7 Å². The minimum Gasteiger partial charge on any atom is -0.420 e. The Morgan fingerprint density at radius 3 is 2.65 bits per heavy atom. The van der Waals surface area contributed by atoms with Gasteiger partial charge in [0.15, 0.2) is 0 Å². The smallest absolute Gasteiger partial charge is 0.247 e. The SMILES string of the molecule is N[C@H]1CC[C@H](c2nnc(-c3ccc(F)c(Cl)c3)o2)CC1. The Morgan fingerprint density at radius 1 is 1.20 bits per heavy atom. The van der Waals surface area contributed by atoms with Crippen molar-refractivity contribution >= 4 is 11.6 Å². The highest BCUT2D eigenvalue weighted by Gasteiger charge is 2.24. The number of rotatable bonds is 2. The molecular weight excluding hydrogens is 281 g/mol. The molecule has 1 aliphatic carbocycles. The quantitative estimate of drug-likeness (QED) is 0.920. The minimum atomic E-state index is -0.462. The molecular formula is C14H15ClFN3O. The summed E-state index contributed by atoms with van der Waals surface area (Å²) in [5.74, 6) is 0.813. The molecule has 1 aliphatic rings. The third kappa shape index (κ3) is 2.69. The molecule has 3 rings (SSSR count). The fourth-order valence-electron chi connectivity index (χ4n) is 2.51. The summed E-state index contributed by atoms with van der Waals surface area (Å²) < 4.78 is 18.8. The average Bonchev–Trinajstić information content (AvgIpc) is 2.92. The van der Waals surface area contributed by atoms with E-state index in [1.807, 2.05) is 0 Å². The van der Waals surface area contributed by atoms with Crippen molar-refractivity contribution in [3.63, 3.8) is 0 Å². The molecule has 2 N–H and O–H groups in total. The first-order chi connectivity index (χ1) is 9.63. The van der Waals surface area contributed by atoms with Gasteiger partial charge >= 0.3 is 0 Å². The zero-order chi connectivity index (χ0) is 14.1. The molecule has 1 heterocycles. The van der Waals surface area contributed by atoms with Crippen LogP contribution in [-0.4, -0.2) is 16.2 Å². The van der Waals surface area contributed by atoms with E-state index >= 15 is 0 Å². The Balaban J connectivity index is 1.81. The molecule has 106 valence electrons. The Hall–Kier alpha value is -1.46. The molecule has 2 aromatic rings. The highest BCUT2D eigenvalue weighted by Crippen LogP contribution is 2.33. The van der Waals surface area contributed by atoms with Crippen LogP contribution in [0, 0.1) is 5.82 Å². The van der Waals surface area contributed by atoms with Gasteiger partial charge in [-0.1, -0.05) is 11.6 Å². The molecule has 1 aromatic carbocycles. The highest BCUT2D eigenvalue weighted by molar-refractivity contribution is 6.31. The van der Waals surface area contributed by atoms with Crippen LogP contribution in [-0.2, 0) is 0 Å². The van der Waals surface area contributed by atoms with Crippen molar-refractivity contribution in [3.8, 4) is 11.5 Å². The van der Waals surface area contributed by atoms with Crippen LogP contribution in [0.5, 0.6) is 0 Å². The van der Waals surface area contributed by atoms with Gasteiger partial charge in [-0.25, -0.2) is 4.39 Å². The number of benzene rings is 1. The summed E-state index contributed by atoms with van der Waals surface area (Å²) in [5.41, 5.74) is 6.51. The Kier molecular flexibility index (Phi) is 3.72. The van der Waals surface area contributed by atoms with Crippen molar-refractivity contribution in [2.45, 2.75) is 37.6 Å². The first-order valence-electron chi connectivity index (χ1n) is 6.68. The second-order valence-electron chi connectivity index (χ2n) is 5.19. The van der Waals surface area contributed by atoms with Crippen LogP contribution in [0.4, 0.5) is 4.39 Å². The van der Waals surface area contributed by atoms with Gasteiger partial charge in [-0.15, -0.1) is 10.2 Å². The van der Waals surface area contributed by atoms with E-state index in [4.69, 9.17) is 21.8 Å². The summed E-state index contributed by atoms with van der Waals surface area (Å²) >= 11 is 5.76. The van der Waals surface area contributed by atoms with E-state index in [-0.39, 0.29) is 17.0 Å². The van der Waals surface area contributed by atoms with Crippen molar-refractivity contribution in [3.05, 3.63) is 34.9 Å². The lowest BCUT2D eigenvalue weighted by molar-refractivity contribution is 0.341. The maximum atomic E-state index is 13.1. The molecule has 0 spiro atoms. The van der Waals surface area contributed by atoms with Gasteiger partial charge in [-0.2, -0.15) is 0 Å². The van der Waals surface area contributed by atoms with Gasteiger partial charge in [0.2, 0.25) is 11.8 Å². The zero-order valence-electron chi connectivity index (χ0n) is 10.9. The number of aromatic nitrogens is 2. The van der Waals surface area contributed by atoms with Crippen LogP contribution in [0.25, 0.3) is 11.5 Å². The number of halogens is 2. The summed E-state index contributed by atoms with van der Waals surface area (Å²) in [7, 11) is 0. The molecule has 0 amide bonds. The largest absolute Gasteiger partial charge is 0.420 e. The van der Waals surface area contributed by atoms with Crippen molar-refractivity contribution in [1.82, 2.24) is 10.2 Å². The maximum Gasteiger partial charge on any atom is 0.247 e. The highest BCUT2D eigenvalue weighted by atomic mass is 35.5. The van der Waals surface area contributed by atoms with Crippen LogP contribution in [0.1, 0.15) is 37.5 Å². The lowest BCUT2D eigenvalue weighted by atomic mass is 9.86. The predicted molar refractivity (Wildman–Crippen MR) is 73.9 cm³/mol. The fraction of sp³-hybridized carbons (Fsp3) is 0.429. The summed E-state index contributed by atoms with van der Waals surface area (Å²) in [6, 6.07) is 4.64. The maximum absolute atomic E-state index is 13.1. The molecule has 1 fully saturated rings. The van der Waals surface area contributed by atoms with E-state index in [1.54, 1.807) is 6.07 Å². The molecule has 0 atom stereocenters. The number of hydrogen-bond donors (Lipinski definition) is 1. The van der Waals surface area contributed by atoms with Gasteiger partial charge in [0.1, 0.15) is 5.82 Å². The topological polar surface area (TPSA) is 64.9 Å².